The summed E-state index contributed by atoms with van der Waals surface area (Å²) in [6.45, 7) is 4.10. The summed E-state index contributed by atoms with van der Waals surface area (Å²) in [6.07, 6.45) is 0. The Balaban J connectivity index is 1.93. The molecule has 0 fully saturated rings. The fraction of sp³-hybridized carbons (Fsp3) is 0. The monoisotopic (exact) mass is 319 g/mol. The van der Waals surface area contributed by atoms with Crippen molar-refractivity contribution in [2.75, 3.05) is 5.73 Å². The van der Waals surface area contributed by atoms with Gasteiger partial charge in [0.25, 0.3) is 0 Å². The Kier molecular flexibility index (Phi) is 4.40. The smallest absolute Gasteiger partial charge is 0.123 e. The molecule has 0 amide bonds. The predicted octanol–water partition coefficient (Wildman–Crippen LogP) is 5.40. The molecule has 0 aliphatic heterocycles. The van der Waals surface area contributed by atoms with Crippen molar-refractivity contribution in [3.05, 3.63) is 84.9 Å². The van der Waals surface area contributed by atoms with Gasteiger partial charge in [-0.3, -0.25) is 0 Å². The lowest BCUT2D eigenvalue weighted by atomic mass is 10.0. The maximum Gasteiger partial charge on any atom is 0.123 e. The summed E-state index contributed by atoms with van der Waals surface area (Å²) >= 11 is 1.46. The van der Waals surface area contributed by atoms with Crippen LogP contribution in [0.25, 0.3) is 16.0 Å². The summed E-state index contributed by atoms with van der Waals surface area (Å²) < 4.78 is 0. The molecular weight excluding hydrogens is 302 g/mol. The molecule has 3 rings (SSSR count). The number of aromatic hydroxyl groups is 1. The number of nitrogens with two attached hydrogens (primary N) is 1. The summed E-state index contributed by atoms with van der Waals surface area (Å²) in [7, 11) is 0. The van der Waals surface area contributed by atoms with Crippen molar-refractivity contribution in [1.82, 2.24) is 0 Å². The van der Waals surface area contributed by atoms with Crippen LogP contribution in [0.2, 0.25) is 0 Å². The molecule has 3 heteroatoms. The quantitative estimate of drug-likeness (QED) is 0.499. The van der Waals surface area contributed by atoms with Gasteiger partial charge in [-0.15, -0.1) is 0 Å². The second-order valence-corrected chi connectivity index (χ2v) is 6.30. The first kappa shape index (κ1) is 15.3. The highest BCUT2D eigenvalue weighted by Crippen LogP contribution is 2.40. The minimum Gasteiger partial charge on any atom is -0.507 e. The molecule has 0 unspecified atom stereocenters. The Labute approximate surface area is 140 Å². The lowest BCUT2D eigenvalue weighted by molar-refractivity contribution is 0.474. The molecular formula is C20H17NOS. The highest BCUT2D eigenvalue weighted by molar-refractivity contribution is 8.08. The highest BCUT2D eigenvalue weighted by atomic mass is 32.2. The van der Waals surface area contributed by atoms with Crippen LogP contribution in [0, 0.1) is 0 Å². The molecule has 114 valence electrons. The zero-order chi connectivity index (χ0) is 16.2. The largest absolute Gasteiger partial charge is 0.507 e. The molecule has 3 aromatic rings. The topological polar surface area (TPSA) is 46.2 Å². The molecule has 0 spiro atoms. The third-order valence-electron chi connectivity index (χ3n) is 3.56. The van der Waals surface area contributed by atoms with E-state index >= 15 is 0 Å². The van der Waals surface area contributed by atoms with Crippen LogP contribution in [0.1, 0.15) is 5.56 Å². The van der Waals surface area contributed by atoms with E-state index in [0.717, 1.165) is 26.5 Å². The molecule has 0 saturated heterocycles. The van der Waals surface area contributed by atoms with E-state index in [1.165, 1.54) is 11.8 Å². The van der Waals surface area contributed by atoms with E-state index in [9.17, 15) is 5.11 Å². The Bertz CT molecular complexity index is 843. The number of nitrogen functional groups attached to an aromatic ring is 1. The van der Waals surface area contributed by atoms with E-state index in [1.54, 1.807) is 6.07 Å². The van der Waals surface area contributed by atoms with Crippen molar-refractivity contribution in [2.45, 2.75) is 4.90 Å². The van der Waals surface area contributed by atoms with Gasteiger partial charge >= 0.3 is 0 Å². The van der Waals surface area contributed by atoms with Gasteiger partial charge in [-0.25, -0.2) is 0 Å². The van der Waals surface area contributed by atoms with Gasteiger partial charge in [0, 0.05) is 21.1 Å². The molecule has 0 bridgehead atoms. The van der Waals surface area contributed by atoms with Crippen LogP contribution in [0.15, 0.2) is 84.3 Å². The third kappa shape index (κ3) is 3.41. The minimum absolute atomic E-state index is 0.219. The van der Waals surface area contributed by atoms with E-state index in [1.807, 2.05) is 66.7 Å². The molecule has 0 aliphatic rings. The number of phenols is 1. The molecule has 0 aromatic heterocycles. The van der Waals surface area contributed by atoms with E-state index in [4.69, 9.17) is 5.73 Å². The van der Waals surface area contributed by atoms with Gasteiger partial charge in [-0.05, 0) is 35.4 Å². The predicted molar refractivity (Wildman–Crippen MR) is 99.3 cm³/mol. The van der Waals surface area contributed by atoms with Gasteiger partial charge in [0.2, 0.25) is 0 Å². The standard InChI is InChI=1S/C20H17NOS/c1-14(23-20-10-6-5-9-18(20)21)17-13-16(11-12-19(17)22)15-7-3-2-4-8-15/h2-13,22H,1,21H2. The number of phenolic OH excluding ortho intramolecular Hbond substituents is 1. The molecule has 3 N–H and O–H groups in total. The maximum absolute atomic E-state index is 10.2. The number of hydrogen-bond acceptors (Lipinski definition) is 3. The Morgan fingerprint density at radius 2 is 1.57 bits per heavy atom. The first-order valence-electron chi connectivity index (χ1n) is 7.25. The normalized spacial score (nSPS) is 10.4. The summed E-state index contributed by atoms with van der Waals surface area (Å²) in [5, 5.41) is 10.2. The lowest BCUT2D eigenvalue weighted by Crippen LogP contribution is -1.88. The first-order valence-corrected chi connectivity index (χ1v) is 8.07. The van der Waals surface area contributed by atoms with E-state index in [2.05, 4.69) is 6.58 Å². The van der Waals surface area contributed by atoms with Gasteiger partial charge in [0.1, 0.15) is 5.75 Å². The Morgan fingerprint density at radius 3 is 2.30 bits per heavy atom. The van der Waals surface area contributed by atoms with Gasteiger partial charge in [-0.1, -0.05) is 66.9 Å². The van der Waals surface area contributed by atoms with Crippen LogP contribution >= 0.6 is 11.8 Å². The van der Waals surface area contributed by atoms with Crippen LogP contribution in [-0.4, -0.2) is 5.11 Å². The SMILES string of the molecule is C=C(Sc1ccccc1N)c1cc(-c2ccccc2)ccc1O. The van der Waals surface area contributed by atoms with Crippen LogP contribution in [0.3, 0.4) is 0 Å². The van der Waals surface area contributed by atoms with Crippen molar-refractivity contribution in [3.63, 3.8) is 0 Å². The van der Waals surface area contributed by atoms with E-state index in [0.29, 0.717) is 5.69 Å². The average Bonchev–Trinajstić information content (AvgIpc) is 2.58. The fourth-order valence-electron chi connectivity index (χ4n) is 2.33. The molecule has 2 nitrogen and oxygen atoms in total. The molecule has 0 atom stereocenters. The summed E-state index contributed by atoms with van der Waals surface area (Å²) in [5.74, 6) is 0.219. The summed E-state index contributed by atoms with van der Waals surface area (Å²) in [4.78, 5) is 1.69. The van der Waals surface area contributed by atoms with Crippen molar-refractivity contribution < 1.29 is 5.11 Å². The Hall–Kier alpha value is -2.65. The van der Waals surface area contributed by atoms with Gasteiger partial charge < -0.3 is 10.8 Å². The van der Waals surface area contributed by atoms with E-state index in [-0.39, 0.29) is 5.75 Å². The molecule has 0 radical (unpaired) electrons. The van der Waals surface area contributed by atoms with Crippen LogP contribution in [0.5, 0.6) is 5.75 Å². The average molecular weight is 319 g/mol. The van der Waals surface area contributed by atoms with Gasteiger partial charge in [-0.2, -0.15) is 0 Å². The molecule has 0 aliphatic carbocycles. The van der Waals surface area contributed by atoms with Crippen molar-refractivity contribution in [3.8, 4) is 16.9 Å². The van der Waals surface area contributed by atoms with E-state index < -0.39 is 0 Å². The van der Waals surface area contributed by atoms with Gasteiger partial charge in [0.15, 0.2) is 0 Å². The lowest BCUT2D eigenvalue weighted by Gasteiger charge is -2.11. The third-order valence-corrected chi connectivity index (χ3v) is 4.61. The number of thioether (sulfide) groups is 1. The zero-order valence-corrected chi connectivity index (χ0v) is 13.4. The summed E-state index contributed by atoms with van der Waals surface area (Å²) in [6, 6.07) is 23.3. The maximum atomic E-state index is 10.2. The van der Waals surface area contributed by atoms with Crippen LogP contribution in [0.4, 0.5) is 5.69 Å². The summed E-state index contributed by atoms with van der Waals surface area (Å²) in [5.41, 5.74) is 9.55. The fourth-order valence-corrected chi connectivity index (χ4v) is 3.20. The highest BCUT2D eigenvalue weighted by Gasteiger charge is 2.10. The second kappa shape index (κ2) is 6.63. The number of hydrogen-bond donors (Lipinski definition) is 2. The first-order chi connectivity index (χ1) is 11.1. The van der Waals surface area contributed by atoms with Crippen LogP contribution < -0.4 is 5.73 Å². The minimum atomic E-state index is 0.219. The van der Waals surface area contributed by atoms with Gasteiger partial charge in [0.05, 0.1) is 0 Å². The molecule has 0 heterocycles. The zero-order valence-electron chi connectivity index (χ0n) is 12.6. The van der Waals surface area contributed by atoms with Crippen LogP contribution in [-0.2, 0) is 0 Å². The number of anilines is 1. The molecule has 23 heavy (non-hydrogen) atoms. The number of para-hydroxylation sites is 1. The van der Waals surface area contributed by atoms with Crippen molar-refractivity contribution in [2.24, 2.45) is 0 Å². The van der Waals surface area contributed by atoms with Crippen molar-refractivity contribution >= 4 is 22.4 Å². The number of benzene rings is 3. The Morgan fingerprint density at radius 1 is 0.870 bits per heavy atom. The number of rotatable bonds is 4. The van der Waals surface area contributed by atoms with Crippen molar-refractivity contribution in [1.29, 1.82) is 0 Å². The second-order valence-electron chi connectivity index (χ2n) is 5.16. The molecule has 3 aromatic carbocycles. The molecule has 0 saturated carbocycles.